The van der Waals surface area contributed by atoms with Gasteiger partial charge >= 0.3 is 5.97 Å². The SMILES string of the molecule is O=C(O)c1cccc(NC(=O)c2cccnc2Br)c1. The van der Waals surface area contributed by atoms with Crippen LogP contribution in [0, 0.1) is 0 Å². The van der Waals surface area contributed by atoms with Crippen molar-refractivity contribution >= 4 is 33.5 Å². The second-order valence-electron chi connectivity index (χ2n) is 3.68. The van der Waals surface area contributed by atoms with Crippen molar-refractivity contribution < 1.29 is 14.7 Å². The monoisotopic (exact) mass is 320 g/mol. The highest BCUT2D eigenvalue weighted by molar-refractivity contribution is 9.10. The standard InChI is InChI=1S/C13H9BrN2O3/c14-11-10(5-2-6-15-11)12(17)16-9-4-1-3-8(7-9)13(18)19/h1-7H,(H,16,17)(H,18,19). The van der Waals surface area contributed by atoms with Crippen LogP contribution in [-0.4, -0.2) is 22.0 Å². The van der Waals surface area contributed by atoms with Crippen LogP contribution in [0.5, 0.6) is 0 Å². The Balaban J connectivity index is 2.22. The van der Waals surface area contributed by atoms with Gasteiger partial charge < -0.3 is 10.4 Å². The van der Waals surface area contributed by atoms with Gasteiger partial charge in [0.2, 0.25) is 0 Å². The maximum Gasteiger partial charge on any atom is 0.335 e. The maximum atomic E-state index is 12.0. The second-order valence-corrected chi connectivity index (χ2v) is 4.43. The lowest BCUT2D eigenvalue weighted by molar-refractivity contribution is 0.0696. The Kier molecular flexibility index (Phi) is 3.91. The molecule has 96 valence electrons. The fourth-order valence-electron chi connectivity index (χ4n) is 1.48. The van der Waals surface area contributed by atoms with Gasteiger partial charge in [0.1, 0.15) is 4.60 Å². The van der Waals surface area contributed by atoms with E-state index in [-0.39, 0.29) is 11.5 Å². The molecule has 0 fully saturated rings. The van der Waals surface area contributed by atoms with Crippen molar-refractivity contribution in [3.05, 3.63) is 58.3 Å². The van der Waals surface area contributed by atoms with Crippen molar-refractivity contribution in [2.75, 3.05) is 5.32 Å². The third-order valence-electron chi connectivity index (χ3n) is 2.37. The highest BCUT2D eigenvalue weighted by atomic mass is 79.9. The van der Waals surface area contributed by atoms with Gasteiger partial charge in [-0.15, -0.1) is 0 Å². The number of hydrogen-bond acceptors (Lipinski definition) is 3. The summed E-state index contributed by atoms with van der Waals surface area (Å²) in [5.74, 6) is -1.40. The van der Waals surface area contributed by atoms with E-state index < -0.39 is 5.97 Å². The van der Waals surface area contributed by atoms with Crippen molar-refractivity contribution in [1.82, 2.24) is 4.98 Å². The lowest BCUT2D eigenvalue weighted by Gasteiger charge is -2.06. The van der Waals surface area contributed by atoms with E-state index in [2.05, 4.69) is 26.2 Å². The molecule has 19 heavy (non-hydrogen) atoms. The molecule has 0 spiro atoms. The van der Waals surface area contributed by atoms with Gasteiger partial charge in [-0.1, -0.05) is 6.07 Å². The van der Waals surface area contributed by atoms with Gasteiger partial charge in [0.15, 0.2) is 0 Å². The van der Waals surface area contributed by atoms with Crippen LogP contribution < -0.4 is 5.32 Å². The average molecular weight is 321 g/mol. The van der Waals surface area contributed by atoms with Gasteiger partial charge in [-0.3, -0.25) is 4.79 Å². The average Bonchev–Trinajstić information content (AvgIpc) is 2.39. The number of aromatic nitrogens is 1. The molecule has 2 aromatic rings. The van der Waals surface area contributed by atoms with Crippen LogP contribution in [0.3, 0.4) is 0 Å². The molecular formula is C13H9BrN2O3. The number of halogens is 1. The minimum absolute atomic E-state index is 0.114. The molecule has 2 rings (SSSR count). The van der Waals surface area contributed by atoms with Gasteiger partial charge in [0.05, 0.1) is 11.1 Å². The third kappa shape index (κ3) is 3.17. The number of rotatable bonds is 3. The van der Waals surface area contributed by atoms with Crippen LogP contribution in [0.15, 0.2) is 47.2 Å². The molecule has 6 heteroatoms. The minimum Gasteiger partial charge on any atom is -0.478 e. The van der Waals surface area contributed by atoms with E-state index in [9.17, 15) is 9.59 Å². The number of carboxylic acid groups (broad SMARTS) is 1. The maximum absolute atomic E-state index is 12.0. The normalized spacial score (nSPS) is 9.95. The predicted octanol–water partition coefficient (Wildman–Crippen LogP) is 2.79. The third-order valence-corrected chi connectivity index (χ3v) is 3.00. The zero-order valence-corrected chi connectivity index (χ0v) is 11.2. The molecule has 0 aliphatic heterocycles. The Bertz CT molecular complexity index is 643. The lowest BCUT2D eigenvalue weighted by Crippen LogP contribution is -2.13. The molecule has 1 heterocycles. The topological polar surface area (TPSA) is 79.3 Å². The Hall–Kier alpha value is -2.21. The number of pyridine rings is 1. The van der Waals surface area contributed by atoms with Crippen molar-refractivity contribution in [2.24, 2.45) is 0 Å². The summed E-state index contributed by atoms with van der Waals surface area (Å²) in [5, 5.41) is 11.5. The first-order valence-corrected chi connectivity index (χ1v) is 6.12. The number of nitrogens with one attached hydrogen (secondary N) is 1. The number of benzene rings is 1. The molecule has 1 aromatic carbocycles. The van der Waals surface area contributed by atoms with Crippen molar-refractivity contribution in [3.63, 3.8) is 0 Å². The Morgan fingerprint density at radius 2 is 2.00 bits per heavy atom. The molecule has 0 aliphatic rings. The number of anilines is 1. The zero-order chi connectivity index (χ0) is 13.8. The summed E-state index contributed by atoms with van der Waals surface area (Å²) in [6, 6.07) is 9.30. The molecule has 5 nitrogen and oxygen atoms in total. The Labute approximate surface area is 117 Å². The summed E-state index contributed by atoms with van der Waals surface area (Å²) < 4.78 is 0.432. The van der Waals surface area contributed by atoms with E-state index in [1.54, 1.807) is 30.5 Å². The van der Waals surface area contributed by atoms with Crippen molar-refractivity contribution in [2.45, 2.75) is 0 Å². The number of nitrogens with zero attached hydrogens (tertiary/aromatic N) is 1. The summed E-state index contributed by atoms with van der Waals surface area (Å²) in [5.41, 5.74) is 0.909. The first-order chi connectivity index (χ1) is 9.08. The summed E-state index contributed by atoms with van der Waals surface area (Å²) in [6.07, 6.45) is 1.56. The first-order valence-electron chi connectivity index (χ1n) is 5.33. The van der Waals surface area contributed by atoms with E-state index in [0.29, 0.717) is 15.9 Å². The molecule has 0 aliphatic carbocycles. The summed E-state index contributed by atoms with van der Waals surface area (Å²) in [4.78, 5) is 26.8. The fraction of sp³-hybridized carbons (Fsp3) is 0. The van der Waals surface area contributed by atoms with E-state index in [4.69, 9.17) is 5.11 Å². The van der Waals surface area contributed by atoms with Gasteiger partial charge in [-0.25, -0.2) is 9.78 Å². The highest BCUT2D eigenvalue weighted by Crippen LogP contribution is 2.16. The smallest absolute Gasteiger partial charge is 0.335 e. The van der Waals surface area contributed by atoms with Crippen LogP contribution in [0.25, 0.3) is 0 Å². The van der Waals surface area contributed by atoms with Crippen LogP contribution >= 0.6 is 15.9 Å². The number of carboxylic acids is 1. The largest absolute Gasteiger partial charge is 0.478 e. The van der Waals surface area contributed by atoms with Gasteiger partial charge in [0, 0.05) is 11.9 Å². The Morgan fingerprint density at radius 1 is 1.21 bits per heavy atom. The molecule has 1 amide bonds. The summed E-state index contributed by atoms with van der Waals surface area (Å²) in [7, 11) is 0. The molecule has 0 saturated carbocycles. The zero-order valence-electron chi connectivity index (χ0n) is 9.63. The van der Waals surface area contributed by atoms with Crippen molar-refractivity contribution in [1.29, 1.82) is 0 Å². The molecule has 0 unspecified atom stereocenters. The first kappa shape index (κ1) is 13.2. The van der Waals surface area contributed by atoms with E-state index in [0.717, 1.165) is 0 Å². The van der Waals surface area contributed by atoms with Gasteiger partial charge in [0.25, 0.3) is 5.91 Å². The number of carbonyl (C=O) groups excluding carboxylic acids is 1. The predicted molar refractivity (Wildman–Crippen MR) is 73.3 cm³/mol. The molecule has 1 aromatic heterocycles. The van der Waals surface area contributed by atoms with Crippen LogP contribution in [0.2, 0.25) is 0 Å². The molecule has 0 radical (unpaired) electrons. The number of amides is 1. The van der Waals surface area contributed by atoms with E-state index in [1.165, 1.54) is 12.1 Å². The van der Waals surface area contributed by atoms with Gasteiger partial charge in [-0.05, 0) is 46.3 Å². The van der Waals surface area contributed by atoms with Crippen molar-refractivity contribution in [3.8, 4) is 0 Å². The molecular weight excluding hydrogens is 312 g/mol. The molecule has 0 saturated heterocycles. The Morgan fingerprint density at radius 3 is 2.68 bits per heavy atom. The number of aromatic carboxylic acids is 1. The quantitative estimate of drug-likeness (QED) is 0.852. The summed E-state index contributed by atoms with van der Waals surface area (Å²) >= 11 is 3.18. The molecule has 0 bridgehead atoms. The van der Waals surface area contributed by atoms with Crippen LogP contribution in [0.1, 0.15) is 20.7 Å². The summed E-state index contributed by atoms with van der Waals surface area (Å²) in [6.45, 7) is 0. The second kappa shape index (κ2) is 5.62. The lowest BCUT2D eigenvalue weighted by atomic mass is 10.2. The van der Waals surface area contributed by atoms with Gasteiger partial charge in [-0.2, -0.15) is 0 Å². The minimum atomic E-state index is -1.04. The van der Waals surface area contributed by atoms with E-state index >= 15 is 0 Å². The molecule has 2 N–H and O–H groups in total. The highest BCUT2D eigenvalue weighted by Gasteiger charge is 2.11. The van der Waals surface area contributed by atoms with Crippen LogP contribution in [-0.2, 0) is 0 Å². The molecule has 0 atom stereocenters. The number of hydrogen-bond donors (Lipinski definition) is 2. The van der Waals surface area contributed by atoms with E-state index in [1.807, 2.05) is 0 Å². The fourth-order valence-corrected chi connectivity index (χ4v) is 1.91. The van der Waals surface area contributed by atoms with Crippen LogP contribution in [0.4, 0.5) is 5.69 Å². The number of carbonyl (C=O) groups is 2.